The molecule has 0 atom stereocenters. The number of benzene rings is 1. The average molecular weight is 387 g/mol. The molecule has 2 aliphatic heterocycles. The minimum absolute atomic E-state index is 0.930. The number of guanidine groups is 1. The molecule has 2 saturated heterocycles. The summed E-state index contributed by atoms with van der Waals surface area (Å²) in [7, 11) is 1.86. The first-order chi connectivity index (χ1) is 13.8. The van der Waals surface area contributed by atoms with E-state index >= 15 is 0 Å². The highest BCUT2D eigenvalue weighted by Gasteiger charge is 2.16. The van der Waals surface area contributed by atoms with Gasteiger partial charge in [0.25, 0.3) is 0 Å². The summed E-state index contributed by atoms with van der Waals surface area (Å²) in [4.78, 5) is 12.0. The summed E-state index contributed by atoms with van der Waals surface area (Å²) in [5, 5.41) is 6.93. The molecule has 0 amide bonds. The molecule has 0 aromatic heterocycles. The van der Waals surface area contributed by atoms with E-state index in [0.717, 1.165) is 64.9 Å². The van der Waals surface area contributed by atoms with Crippen molar-refractivity contribution >= 4 is 5.96 Å². The number of piperazine rings is 1. The van der Waals surface area contributed by atoms with Crippen molar-refractivity contribution in [1.82, 2.24) is 25.3 Å². The van der Waals surface area contributed by atoms with E-state index < -0.39 is 0 Å². The predicted molar refractivity (Wildman–Crippen MR) is 118 cm³/mol. The highest BCUT2D eigenvalue weighted by molar-refractivity contribution is 5.79. The van der Waals surface area contributed by atoms with Gasteiger partial charge in [-0.25, -0.2) is 0 Å². The van der Waals surface area contributed by atoms with Crippen LogP contribution in [-0.2, 0) is 6.54 Å². The van der Waals surface area contributed by atoms with Crippen LogP contribution in [0.1, 0.15) is 24.8 Å². The zero-order chi connectivity index (χ0) is 19.4. The fourth-order valence-electron chi connectivity index (χ4n) is 4.08. The molecule has 6 heteroatoms. The van der Waals surface area contributed by atoms with E-state index in [1.54, 1.807) is 0 Å². The van der Waals surface area contributed by atoms with Crippen LogP contribution in [0, 0.1) is 0 Å². The van der Waals surface area contributed by atoms with E-state index in [1.807, 2.05) is 7.05 Å². The van der Waals surface area contributed by atoms with Crippen molar-refractivity contribution in [3.63, 3.8) is 0 Å². The van der Waals surface area contributed by atoms with Gasteiger partial charge in [0, 0.05) is 66.0 Å². The maximum absolute atomic E-state index is 4.36. The smallest absolute Gasteiger partial charge is 0.191 e. The first-order valence-corrected chi connectivity index (χ1v) is 11.0. The van der Waals surface area contributed by atoms with Crippen LogP contribution in [0.4, 0.5) is 0 Å². The third-order valence-electron chi connectivity index (χ3n) is 5.83. The molecule has 0 aliphatic carbocycles. The van der Waals surface area contributed by atoms with E-state index in [4.69, 9.17) is 0 Å². The molecular weight excluding hydrogens is 348 g/mol. The highest BCUT2D eigenvalue weighted by atomic mass is 15.3. The highest BCUT2D eigenvalue weighted by Crippen LogP contribution is 2.08. The number of nitrogens with zero attached hydrogens (tertiary/aromatic N) is 4. The van der Waals surface area contributed by atoms with Crippen molar-refractivity contribution in [3.05, 3.63) is 35.9 Å². The van der Waals surface area contributed by atoms with E-state index in [-0.39, 0.29) is 0 Å². The van der Waals surface area contributed by atoms with Gasteiger partial charge >= 0.3 is 0 Å². The third-order valence-corrected chi connectivity index (χ3v) is 5.83. The van der Waals surface area contributed by atoms with Crippen molar-refractivity contribution in [2.24, 2.45) is 4.99 Å². The zero-order valence-corrected chi connectivity index (χ0v) is 17.6. The van der Waals surface area contributed by atoms with Gasteiger partial charge in [0.2, 0.25) is 0 Å². The van der Waals surface area contributed by atoms with Crippen LogP contribution in [0.15, 0.2) is 35.3 Å². The van der Waals surface area contributed by atoms with Crippen molar-refractivity contribution in [1.29, 1.82) is 0 Å². The van der Waals surface area contributed by atoms with Crippen LogP contribution < -0.4 is 10.6 Å². The number of rotatable bonds is 8. The van der Waals surface area contributed by atoms with Gasteiger partial charge in [-0.2, -0.15) is 0 Å². The van der Waals surface area contributed by atoms with Crippen molar-refractivity contribution < 1.29 is 0 Å². The molecule has 2 aliphatic rings. The van der Waals surface area contributed by atoms with E-state index in [1.165, 1.54) is 37.9 Å². The predicted octanol–water partition coefficient (Wildman–Crippen LogP) is 1.46. The molecule has 2 heterocycles. The standard InChI is InChI=1S/C22H38N6/c1-23-22(24-10-14-26-12-6-3-7-13-26)25-11-15-27-16-18-28(19-17-27)20-21-8-4-2-5-9-21/h2,4-5,8-9H,3,6-7,10-20H2,1H3,(H2,23,24,25). The van der Waals surface area contributed by atoms with Gasteiger partial charge in [0.05, 0.1) is 0 Å². The van der Waals surface area contributed by atoms with Gasteiger partial charge in [0.15, 0.2) is 5.96 Å². The second-order valence-electron chi connectivity index (χ2n) is 7.93. The fourth-order valence-corrected chi connectivity index (χ4v) is 4.08. The number of piperidine rings is 1. The SMILES string of the molecule is CN=C(NCCN1CCCCC1)NCCN1CCN(Cc2ccccc2)CC1. The molecule has 0 bridgehead atoms. The summed E-state index contributed by atoms with van der Waals surface area (Å²) in [5.74, 6) is 0.930. The maximum Gasteiger partial charge on any atom is 0.191 e. The first-order valence-electron chi connectivity index (χ1n) is 11.0. The van der Waals surface area contributed by atoms with Crippen LogP contribution in [0.2, 0.25) is 0 Å². The molecule has 0 saturated carbocycles. The minimum atomic E-state index is 0.930. The molecule has 2 N–H and O–H groups in total. The summed E-state index contributed by atoms with van der Waals surface area (Å²) in [6.07, 6.45) is 4.10. The number of likely N-dealkylation sites (tertiary alicyclic amines) is 1. The van der Waals surface area contributed by atoms with Crippen LogP contribution >= 0.6 is 0 Å². The molecule has 156 valence electrons. The fraction of sp³-hybridized carbons (Fsp3) is 0.682. The molecule has 0 radical (unpaired) electrons. The summed E-state index contributed by atoms with van der Waals surface area (Å²) < 4.78 is 0. The van der Waals surface area contributed by atoms with Gasteiger partial charge < -0.3 is 15.5 Å². The monoisotopic (exact) mass is 386 g/mol. The largest absolute Gasteiger partial charge is 0.355 e. The van der Waals surface area contributed by atoms with Crippen LogP contribution in [0.3, 0.4) is 0 Å². The van der Waals surface area contributed by atoms with Gasteiger partial charge in [-0.1, -0.05) is 36.8 Å². The van der Waals surface area contributed by atoms with Crippen LogP contribution in [0.5, 0.6) is 0 Å². The van der Waals surface area contributed by atoms with Gasteiger partial charge in [-0.15, -0.1) is 0 Å². The number of aliphatic imine (C=N–C) groups is 1. The summed E-state index contributed by atoms with van der Waals surface area (Å²) in [6, 6.07) is 10.8. The molecular formula is C22H38N6. The Kier molecular flexibility index (Phi) is 9.07. The minimum Gasteiger partial charge on any atom is -0.355 e. The number of nitrogens with one attached hydrogen (secondary N) is 2. The molecule has 3 rings (SSSR count). The van der Waals surface area contributed by atoms with Crippen molar-refractivity contribution in [3.8, 4) is 0 Å². The normalized spacial score (nSPS) is 20.2. The van der Waals surface area contributed by atoms with Crippen LogP contribution in [0.25, 0.3) is 0 Å². The summed E-state index contributed by atoms with van der Waals surface area (Å²) in [6.45, 7) is 12.3. The average Bonchev–Trinajstić information content (AvgIpc) is 2.75. The van der Waals surface area contributed by atoms with E-state index in [0.29, 0.717) is 0 Å². The Hall–Kier alpha value is -1.63. The van der Waals surface area contributed by atoms with Gasteiger partial charge in [-0.05, 0) is 31.5 Å². The molecule has 0 unspecified atom stereocenters. The van der Waals surface area contributed by atoms with Crippen molar-refractivity contribution in [2.75, 3.05) is 72.5 Å². The molecule has 1 aromatic carbocycles. The Labute approximate surface area is 171 Å². The Morgan fingerprint density at radius 1 is 0.786 bits per heavy atom. The lowest BCUT2D eigenvalue weighted by atomic mass is 10.1. The van der Waals surface area contributed by atoms with E-state index in [9.17, 15) is 0 Å². The molecule has 28 heavy (non-hydrogen) atoms. The quantitative estimate of drug-likeness (QED) is 0.523. The lowest BCUT2D eigenvalue weighted by Crippen LogP contribution is -2.49. The second kappa shape index (κ2) is 12.0. The number of hydrogen-bond donors (Lipinski definition) is 2. The topological polar surface area (TPSA) is 46.1 Å². The summed E-state index contributed by atoms with van der Waals surface area (Å²) in [5.41, 5.74) is 1.41. The molecule has 0 spiro atoms. The molecule has 2 fully saturated rings. The van der Waals surface area contributed by atoms with Gasteiger partial charge in [0.1, 0.15) is 0 Å². The Balaban J connectivity index is 1.25. The lowest BCUT2D eigenvalue weighted by molar-refractivity contribution is 0.129. The summed E-state index contributed by atoms with van der Waals surface area (Å²) >= 11 is 0. The second-order valence-corrected chi connectivity index (χ2v) is 7.93. The lowest BCUT2D eigenvalue weighted by Gasteiger charge is -2.34. The number of hydrogen-bond acceptors (Lipinski definition) is 4. The van der Waals surface area contributed by atoms with Crippen LogP contribution in [-0.4, -0.2) is 93.2 Å². The Morgan fingerprint density at radius 3 is 1.96 bits per heavy atom. The van der Waals surface area contributed by atoms with Crippen molar-refractivity contribution in [2.45, 2.75) is 25.8 Å². The Bertz CT molecular complexity index is 562. The van der Waals surface area contributed by atoms with Gasteiger partial charge in [-0.3, -0.25) is 14.8 Å². The van der Waals surface area contributed by atoms with E-state index in [2.05, 4.69) is 60.7 Å². The first kappa shape index (κ1) is 21.1. The molecule has 6 nitrogen and oxygen atoms in total. The maximum atomic E-state index is 4.36. The third kappa shape index (κ3) is 7.41. The zero-order valence-electron chi connectivity index (χ0n) is 17.6. The molecule has 1 aromatic rings. The Morgan fingerprint density at radius 2 is 1.36 bits per heavy atom.